The summed E-state index contributed by atoms with van der Waals surface area (Å²) in [5.74, 6) is 0.524. The number of nitrogens with one attached hydrogen (secondary N) is 2. The fourth-order valence-electron chi connectivity index (χ4n) is 4.59. The molecular weight excluding hydrogens is 427 g/mol. The second-order valence-electron chi connectivity index (χ2n) is 8.89. The molecule has 3 aromatic heterocycles. The molecule has 2 aliphatic carbocycles. The van der Waals surface area contributed by atoms with Gasteiger partial charge in [0.2, 0.25) is 0 Å². The number of aliphatic hydroxyl groups is 1. The van der Waals surface area contributed by atoms with Crippen LogP contribution in [0.4, 0.5) is 21.7 Å². The zero-order valence-electron chi connectivity index (χ0n) is 18.4. The lowest BCUT2D eigenvalue weighted by Gasteiger charge is -2.29. The molecule has 2 fully saturated rings. The normalized spacial score (nSPS) is 24.6. The number of hydrogen-bond acceptors (Lipinski definition) is 7. The second kappa shape index (κ2) is 8.58. The SMILES string of the molecule is CNc1cc(Nc2cccn([C@H]3CCCC[C@H]3O)c2=O)nc2c(C(=O)C[C@@H]3C[C@@H]3F)cnn12. The zero-order valence-corrected chi connectivity index (χ0v) is 18.4. The molecule has 0 radical (unpaired) electrons. The van der Waals surface area contributed by atoms with Crippen molar-refractivity contribution in [1.82, 2.24) is 19.2 Å². The van der Waals surface area contributed by atoms with E-state index < -0.39 is 12.3 Å². The van der Waals surface area contributed by atoms with E-state index in [9.17, 15) is 19.1 Å². The summed E-state index contributed by atoms with van der Waals surface area (Å²) in [4.78, 5) is 30.4. The van der Waals surface area contributed by atoms with Crippen LogP contribution in [0.3, 0.4) is 0 Å². The van der Waals surface area contributed by atoms with Gasteiger partial charge in [0, 0.05) is 31.6 Å². The van der Waals surface area contributed by atoms with E-state index in [1.165, 1.54) is 10.7 Å². The molecule has 9 nitrogen and oxygen atoms in total. The Morgan fingerprint density at radius 3 is 2.85 bits per heavy atom. The first-order valence-electron chi connectivity index (χ1n) is 11.4. The van der Waals surface area contributed by atoms with E-state index in [1.807, 2.05) is 0 Å². The molecule has 174 valence electrons. The first kappa shape index (κ1) is 21.6. The topological polar surface area (TPSA) is 114 Å². The molecule has 0 aliphatic heterocycles. The van der Waals surface area contributed by atoms with E-state index in [0.717, 1.165) is 19.3 Å². The van der Waals surface area contributed by atoms with Gasteiger partial charge in [0.1, 0.15) is 23.5 Å². The molecule has 0 spiro atoms. The van der Waals surface area contributed by atoms with Crippen LogP contribution in [0.5, 0.6) is 0 Å². The number of aromatic nitrogens is 4. The third kappa shape index (κ3) is 4.10. The van der Waals surface area contributed by atoms with E-state index in [-0.39, 0.29) is 29.7 Å². The van der Waals surface area contributed by atoms with Crippen LogP contribution < -0.4 is 16.2 Å². The number of pyridine rings is 1. The van der Waals surface area contributed by atoms with Gasteiger partial charge in [0.05, 0.1) is 23.9 Å². The molecule has 2 aliphatic rings. The maximum atomic E-state index is 13.3. The summed E-state index contributed by atoms with van der Waals surface area (Å²) in [5.41, 5.74) is 0.734. The molecule has 0 bridgehead atoms. The van der Waals surface area contributed by atoms with Gasteiger partial charge in [0.25, 0.3) is 5.56 Å². The van der Waals surface area contributed by atoms with Crippen molar-refractivity contribution >= 4 is 28.8 Å². The van der Waals surface area contributed by atoms with Gasteiger partial charge < -0.3 is 20.3 Å². The van der Waals surface area contributed by atoms with Crippen molar-refractivity contribution in [2.75, 3.05) is 17.7 Å². The smallest absolute Gasteiger partial charge is 0.274 e. The van der Waals surface area contributed by atoms with Crippen LogP contribution in [0, 0.1) is 5.92 Å². The maximum absolute atomic E-state index is 13.3. The molecule has 0 amide bonds. The number of anilines is 3. The van der Waals surface area contributed by atoms with E-state index in [0.29, 0.717) is 41.4 Å². The Bertz CT molecular complexity index is 1250. The minimum Gasteiger partial charge on any atom is -0.391 e. The summed E-state index contributed by atoms with van der Waals surface area (Å²) < 4.78 is 16.4. The highest BCUT2D eigenvalue weighted by Crippen LogP contribution is 2.38. The standard InChI is InChI=1S/C23H27FN6O3/c1-25-21-11-20(28-22-14(12-26-30(21)22)19(32)10-13-9-15(13)24)27-16-5-4-8-29(23(16)33)17-6-2-3-7-18(17)31/h4-5,8,11-13,15,17-18,25,31H,2-3,6-7,9-10H2,1H3,(H,27,28)/t13-,15-,17-,18+/m0/s1. The van der Waals surface area contributed by atoms with Crippen LogP contribution in [0.25, 0.3) is 5.65 Å². The quantitative estimate of drug-likeness (QED) is 0.470. The predicted molar refractivity (Wildman–Crippen MR) is 122 cm³/mol. The lowest BCUT2D eigenvalue weighted by atomic mass is 9.92. The van der Waals surface area contributed by atoms with E-state index in [2.05, 4.69) is 20.7 Å². The van der Waals surface area contributed by atoms with Gasteiger partial charge in [-0.1, -0.05) is 12.8 Å². The molecular formula is C23H27FN6O3. The lowest BCUT2D eigenvalue weighted by molar-refractivity contribution is 0.0739. The Balaban J connectivity index is 1.48. The number of Topliss-reactive ketones (excluding diaryl/α,β-unsaturated/α-hetero) is 1. The number of carbonyl (C=O) groups excluding carboxylic acids is 1. The number of fused-ring (bicyclic) bond motifs is 1. The van der Waals surface area contributed by atoms with Crippen LogP contribution >= 0.6 is 0 Å². The summed E-state index contributed by atoms with van der Waals surface area (Å²) in [6, 6.07) is 4.87. The van der Waals surface area contributed by atoms with Crippen LogP contribution in [0.1, 0.15) is 54.9 Å². The van der Waals surface area contributed by atoms with Gasteiger partial charge in [-0.05, 0) is 31.4 Å². The third-order valence-corrected chi connectivity index (χ3v) is 6.60. The number of rotatable bonds is 7. The summed E-state index contributed by atoms with van der Waals surface area (Å²) >= 11 is 0. The minimum atomic E-state index is -0.906. The van der Waals surface area contributed by atoms with Gasteiger partial charge in [-0.3, -0.25) is 9.59 Å². The maximum Gasteiger partial charge on any atom is 0.274 e. The van der Waals surface area contributed by atoms with Crippen molar-refractivity contribution < 1.29 is 14.3 Å². The Kier molecular flexibility index (Phi) is 5.61. The molecule has 4 atom stereocenters. The first-order valence-corrected chi connectivity index (χ1v) is 11.4. The van der Waals surface area contributed by atoms with Gasteiger partial charge in [-0.15, -0.1) is 0 Å². The van der Waals surface area contributed by atoms with Gasteiger partial charge in [0.15, 0.2) is 11.4 Å². The number of nitrogens with zero attached hydrogens (tertiary/aromatic N) is 4. The number of aliphatic hydroxyl groups excluding tert-OH is 1. The van der Waals surface area contributed by atoms with Crippen LogP contribution in [-0.2, 0) is 0 Å². The molecule has 0 saturated heterocycles. The largest absolute Gasteiger partial charge is 0.391 e. The number of ketones is 1. The van der Waals surface area contributed by atoms with Crippen molar-refractivity contribution in [1.29, 1.82) is 0 Å². The van der Waals surface area contributed by atoms with Crippen molar-refractivity contribution in [3.63, 3.8) is 0 Å². The molecule has 3 aromatic rings. The predicted octanol–water partition coefficient (Wildman–Crippen LogP) is 3.08. The summed E-state index contributed by atoms with van der Waals surface area (Å²) in [6.45, 7) is 0. The van der Waals surface area contributed by atoms with E-state index in [1.54, 1.807) is 36.0 Å². The third-order valence-electron chi connectivity index (χ3n) is 6.60. The van der Waals surface area contributed by atoms with Crippen LogP contribution in [0.2, 0.25) is 0 Å². The Hall–Kier alpha value is -3.27. The van der Waals surface area contributed by atoms with Crippen LogP contribution in [-0.4, -0.2) is 49.4 Å². The molecule has 10 heteroatoms. The molecule has 2 saturated carbocycles. The van der Waals surface area contributed by atoms with E-state index in [4.69, 9.17) is 0 Å². The highest BCUT2D eigenvalue weighted by atomic mass is 19.1. The Morgan fingerprint density at radius 1 is 1.33 bits per heavy atom. The zero-order chi connectivity index (χ0) is 23.1. The fourth-order valence-corrected chi connectivity index (χ4v) is 4.59. The Labute approximate surface area is 189 Å². The van der Waals surface area contributed by atoms with Gasteiger partial charge in [-0.25, -0.2) is 9.37 Å². The van der Waals surface area contributed by atoms with Crippen molar-refractivity contribution in [2.45, 2.75) is 56.8 Å². The molecule has 3 heterocycles. The van der Waals surface area contributed by atoms with Gasteiger partial charge >= 0.3 is 0 Å². The molecule has 3 N–H and O–H groups in total. The summed E-state index contributed by atoms with van der Waals surface area (Å²) in [6.07, 6.45) is 5.60. The van der Waals surface area contributed by atoms with Crippen molar-refractivity contribution in [3.8, 4) is 0 Å². The average Bonchev–Trinajstić information content (AvgIpc) is 3.32. The molecule has 0 aromatic carbocycles. The summed E-state index contributed by atoms with van der Waals surface area (Å²) in [5, 5.41) is 20.7. The minimum absolute atomic E-state index is 0.129. The van der Waals surface area contributed by atoms with Crippen molar-refractivity contribution in [3.05, 3.63) is 46.5 Å². The van der Waals surface area contributed by atoms with Crippen molar-refractivity contribution in [2.24, 2.45) is 5.92 Å². The lowest BCUT2D eigenvalue weighted by Crippen LogP contribution is -2.34. The van der Waals surface area contributed by atoms with Crippen LogP contribution in [0.15, 0.2) is 35.4 Å². The number of hydrogen-bond donors (Lipinski definition) is 3. The first-order chi connectivity index (χ1) is 16.0. The molecule has 33 heavy (non-hydrogen) atoms. The monoisotopic (exact) mass is 454 g/mol. The highest BCUT2D eigenvalue weighted by molar-refractivity contribution is 6.02. The average molecular weight is 455 g/mol. The number of halogens is 1. The van der Waals surface area contributed by atoms with Gasteiger partial charge in [-0.2, -0.15) is 9.61 Å². The Morgan fingerprint density at radius 2 is 2.12 bits per heavy atom. The number of carbonyl (C=O) groups is 1. The fraction of sp³-hybridized carbons (Fsp3) is 0.478. The summed E-state index contributed by atoms with van der Waals surface area (Å²) in [7, 11) is 1.72. The highest BCUT2D eigenvalue weighted by Gasteiger charge is 2.39. The molecule has 0 unspecified atom stereocenters. The second-order valence-corrected chi connectivity index (χ2v) is 8.89. The van der Waals surface area contributed by atoms with E-state index >= 15 is 0 Å². The number of alkyl halides is 1. The molecule has 5 rings (SSSR count).